The Bertz CT molecular complexity index is 672. The molecule has 2 atom stereocenters. The first-order valence-electron chi connectivity index (χ1n) is 18.3. The third-order valence-electron chi connectivity index (χ3n) is 8.33. The van der Waals surface area contributed by atoms with Gasteiger partial charge >= 0.3 is 0 Å². The molecule has 0 aliphatic heterocycles. The Morgan fingerprint density at radius 2 is 0.762 bits per heavy atom. The van der Waals surface area contributed by atoms with Crippen molar-refractivity contribution in [3.05, 3.63) is 48.6 Å². The zero-order valence-electron chi connectivity index (χ0n) is 28.6. The van der Waals surface area contributed by atoms with E-state index in [2.05, 4.69) is 52.0 Å². The van der Waals surface area contributed by atoms with Gasteiger partial charge in [-0.25, -0.2) is 0 Å². The van der Waals surface area contributed by atoms with Gasteiger partial charge in [-0.15, -0.1) is 0 Å². The Morgan fingerprint density at radius 3 is 1.12 bits per heavy atom. The minimum Gasteiger partial charge on any atom is -0.493 e. The zero-order valence-corrected chi connectivity index (χ0v) is 28.6. The average molecular weight is 583 g/mol. The van der Waals surface area contributed by atoms with E-state index in [1.54, 1.807) is 0 Å². The molecule has 0 N–H and O–H groups in total. The van der Waals surface area contributed by atoms with Gasteiger partial charge in [0.25, 0.3) is 0 Å². The Labute approximate surface area is 263 Å². The summed E-state index contributed by atoms with van der Waals surface area (Å²) in [6, 6.07) is 8.18. The van der Waals surface area contributed by atoms with Crippen LogP contribution in [0.5, 0.6) is 11.5 Å². The van der Waals surface area contributed by atoms with E-state index in [0.717, 1.165) is 37.6 Å². The molecule has 0 aliphatic rings. The van der Waals surface area contributed by atoms with Gasteiger partial charge < -0.3 is 9.47 Å². The van der Waals surface area contributed by atoms with Gasteiger partial charge in [-0.1, -0.05) is 142 Å². The molecule has 1 aromatic carbocycles. The smallest absolute Gasteiger partial charge is 0.119 e. The first-order chi connectivity index (χ1) is 20.7. The molecule has 42 heavy (non-hydrogen) atoms. The highest BCUT2D eigenvalue weighted by Crippen LogP contribution is 2.20. The van der Waals surface area contributed by atoms with E-state index in [1.807, 2.05) is 24.3 Å². The summed E-state index contributed by atoms with van der Waals surface area (Å²) in [5.41, 5.74) is 0. The van der Waals surface area contributed by atoms with Crippen molar-refractivity contribution in [1.82, 2.24) is 0 Å². The molecule has 0 aromatic heterocycles. The molecule has 2 unspecified atom stereocenters. The van der Waals surface area contributed by atoms with Crippen molar-refractivity contribution >= 4 is 0 Å². The van der Waals surface area contributed by atoms with Crippen LogP contribution in [0.15, 0.2) is 48.6 Å². The van der Waals surface area contributed by atoms with E-state index in [-0.39, 0.29) is 0 Å². The highest BCUT2D eigenvalue weighted by Gasteiger charge is 2.05. The summed E-state index contributed by atoms with van der Waals surface area (Å²) in [5.74, 6) is 3.00. The third-order valence-corrected chi connectivity index (χ3v) is 8.33. The van der Waals surface area contributed by atoms with Gasteiger partial charge in [0, 0.05) is 0 Å². The molecule has 0 heterocycles. The van der Waals surface area contributed by atoms with Crippen LogP contribution in [0.3, 0.4) is 0 Å². The van der Waals surface area contributed by atoms with Crippen LogP contribution in [-0.2, 0) is 0 Å². The molecule has 1 rings (SSSR count). The lowest BCUT2D eigenvalue weighted by Crippen LogP contribution is -2.09. The molecule has 0 saturated heterocycles. The van der Waals surface area contributed by atoms with Crippen LogP contribution in [0.25, 0.3) is 0 Å². The Kier molecular flexibility index (Phi) is 26.8. The highest BCUT2D eigenvalue weighted by molar-refractivity contribution is 5.31. The van der Waals surface area contributed by atoms with Gasteiger partial charge in [0.05, 0.1) is 13.2 Å². The monoisotopic (exact) mass is 583 g/mol. The Morgan fingerprint density at radius 1 is 0.452 bits per heavy atom. The number of allylic oxidation sites excluding steroid dienone is 4. The van der Waals surface area contributed by atoms with Crippen LogP contribution in [0, 0.1) is 11.8 Å². The molecule has 2 heteroatoms. The van der Waals surface area contributed by atoms with Gasteiger partial charge in [0.1, 0.15) is 11.5 Å². The molecule has 0 saturated carbocycles. The summed E-state index contributed by atoms with van der Waals surface area (Å²) in [6.45, 7) is 10.7. The fraction of sp³-hybridized carbons (Fsp3) is 0.750. The largest absolute Gasteiger partial charge is 0.493 e. The molecule has 242 valence electrons. The van der Waals surface area contributed by atoms with Crippen LogP contribution in [0.4, 0.5) is 0 Å². The molecule has 0 radical (unpaired) electrons. The SMILES string of the molecule is CCCCCCCCCCC=CCCC(C)COc1ccc(OCC(C)CCC=CCCCCCCCCCC)cc1. The number of hydrogen-bond donors (Lipinski definition) is 0. The van der Waals surface area contributed by atoms with Crippen LogP contribution >= 0.6 is 0 Å². The van der Waals surface area contributed by atoms with Crippen molar-refractivity contribution in [2.24, 2.45) is 11.8 Å². The maximum atomic E-state index is 6.05. The molecule has 0 amide bonds. The van der Waals surface area contributed by atoms with Crippen molar-refractivity contribution in [3.8, 4) is 11.5 Å². The topological polar surface area (TPSA) is 18.5 Å². The summed E-state index contributed by atoms with van der Waals surface area (Å²) < 4.78 is 12.1. The first-order valence-corrected chi connectivity index (χ1v) is 18.3. The molecule has 0 fully saturated rings. The first kappa shape index (κ1) is 38.3. The summed E-state index contributed by atoms with van der Waals surface area (Å²) in [5, 5.41) is 0. The normalized spacial score (nSPS) is 13.2. The highest BCUT2D eigenvalue weighted by atomic mass is 16.5. The van der Waals surface area contributed by atoms with Crippen LogP contribution in [-0.4, -0.2) is 13.2 Å². The van der Waals surface area contributed by atoms with E-state index in [0.29, 0.717) is 11.8 Å². The molecule has 0 spiro atoms. The Balaban J connectivity index is 2.01. The van der Waals surface area contributed by atoms with Gasteiger partial charge in [-0.2, -0.15) is 0 Å². The second kappa shape index (κ2) is 29.4. The number of hydrogen-bond acceptors (Lipinski definition) is 2. The van der Waals surface area contributed by atoms with Crippen LogP contribution < -0.4 is 9.47 Å². The van der Waals surface area contributed by atoms with E-state index >= 15 is 0 Å². The van der Waals surface area contributed by atoms with Crippen molar-refractivity contribution in [2.75, 3.05) is 13.2 Å². The lowest BCUT2D eigenvalue weighted by atomic mass is 10.1. The number of ether oxygens (including phenoxy) is 2. The fourth-order valence-corrected chi connectivity index (χ4v) is 5.30. The van der Waals surface area contributed by atoms with Gasteiger partial charge in [0.2, 0.25) is 0 Å². The predicted octanol–water partition coefficient (Wildman–Crippen LogP) is 13.5. The van der Waals surface area contributed by atoms with Gasteiger partial charge in [-0.3, -0.25) is 0 Å². The Hall–Kier alpha value is -1.70. The van der Waals surface area contributed by atoms with Crippen molar-refractivity contribution in [1.29, 1.82) is 0 Å². The van der Waals surface area contributed by atoms with Gasteiger partial charge in [-0.05, 0) is 87.5 Å². The zero-order chi connectivity index (χ0) is 30.4. The quantitative estimate of drug-likeness (QED) is 0.0663. The standard InChI is InChI=1S/C40H70O2/c1-5-7-9-11-13-15-17-19-21-23-25-27-29-37(3)35-41-39-31-33-40(34-32-39)42-36-38(4)30-28-26-24-22-20-18-16-14-12-10-8-6-2/h23-26,31-34,37-38H,5-22,27-30,35-36H2,1-4H3. The summed E-state index contributed by atoms with van der Waals surface area (Å²) >= 11 is 0. The third kappa shape index (κ3) is 24.9. The second-order valence-electron chi connectivity index (χ2n) is 12.9. The number of unbranched alkanes of at least 4 members (excludes halogenated alkanes) is 16. The average Bonchev–Trinajstić information content (AvgIpc) is 3.00. The van der Waals surface area contributed by atoms with E-state index in [1.165, 1.54) is 128 Å². The molecule has 0 bridgehead atoms. The minimum absolute atomic E-state index is 0.559. The van der Waals surface area contributed by atoms with Crippen LogP contribution in [0.2, 0.25) is 0 Å². The molecule has 2 nitrogen and oxygen atoms in total. The van der Waals surface area contributed by atoms with E-state index < -0.39 is 0 Å². The molecule has 0 aliphatic carbocycles. The van der Waals surface area contributed by atoms with Crippen LogP contribution in [0.1, 0.15) is 169 Å². The van der Waals surface area contributed by atoms with Crippen molar-refractivity contribution < 1.29 is 9.47 Å². The lowest BCUT2D eigenvalue weighted by Gasteiger charge is -2.14. The molecular formula is C40H70O2. The summed E-state index contributed by atoms with van der Waals surface area (Å²) in [7, 11) is 0. The summed E-state index contributed by atoms with van der Waals surface area (Å²) in [4.78, 5) is 0. The summed E-state index contributed by atoms with van der Waals surface area (Å²) in [6.07, 6.45) is 39.0. The maximum Gasteiger partial charge on any atom is 0.119 e. The minimum atomic E-state index is 0.559. The van der Waals surface area contributed by atoms with E-state index in [4.69, 9.17) is 9.47 Å². The fourth-order valence-electron chi connectivity index (χ4n) is 5.30. The van der Waals surface area contributed by atoms with Crippen molar-refractivity contribution in [2.45, 2.75) is 169 Å². The van der Waals surface area contributed by atoms with E-state index in [9.17, 15) is 0 Å². The number of rotatable bonds is 30. The maximum absolute atomic E-state index is 6.05. The second-order valence-corrected chi connectivity index (χ2v) is 12.9. The number of benzene rings is 1. The molecular weight excluding hydrogens is 512 g/mol. The predicted molar refractivity (Wildman–Crippen MR) is 187 cm³/mol. The van der Waals surface area contributed by atoms with Crippen molar-refractivity contribution in [3.63, 3.8) is 0 Å². The van der Waals surface area contributed by atoms with Gasteiger partial charge in [0.15, 0.2) is 0 Å². The molecule has 1 aromatic rings. The lowest BCUT2D eigenvalue weighted by molar-refractivity contribution is 0.247.